The van der Waals surface area contributed by atoms with Crippen molar-refractivity contribution in [1.29, 1.82) is 0 Å². The molecule has 0 heterocycles. The van der Waals surface area contributed by atoms with Crippen LogP contribution in [0.5, 0.6) is 0 Å². The van der Waals surface area contributed by atoms with Crippen LogP contribution in [0.3, 0.4) is 0 Å². The number of nitrogens with two attached hydrogens (primary N) is 1. The third-order valence-electron chi connectivity index (χ3n) is 3.69. The Morgan fingerprint density at radius 1 is 1.47 bits per heavy atom. The fourth-order valence-corrected chi connectivity index (χ4v) is 2.48. The monoisotopic (exact) mass is 272 g/mol. The number of hydrogen-bond donors (Lipinski definition) is 3. The summed E-state index contributed by atoms with van der Waals surface area (Å²) >= 11 is 0. The topological polar surface area (TPSA) is 84.6 Å². The summed E-state index contributed by atoms with van der Waals surface area (Å²) in [6, 6.07) is 0. The van der Waals surface area contributed by atoms with Gasteiger partial charge in [0, 0.05) is 13.0 Å². The lowest BCUT2D eigenvalue weighted by Crippen LogP contribution is -2.35. The minimum atomic E-state index is -0.484. The average molecular weight is 272 g/mol. The quantitative estimate of drug-likeness (QED) is 0.542. The van der Waals surface area contributed by atoms with Gasteiger partial charge in [0.25, 0.3) is 0 Å². The zero-order valence-corrected chi connectivity index (χ0v) is 11.9. The molecule has 0 aliphatic heterocycles. The third-order valence-corrected chi connectivity index (χ3v) is 3.69. The van der Waals surface area contributed by atoms with Crippen molar-refractivity contribution >= 4 is 5.91 Å². The van der Waals surface area contributed by atoms with Crippen molar-refractivity contribution in [2.45, 2.75) is 57.7 Å². The molecule has 0 aromatic heterocycles. The van der Waals surface area contributed by atoms with Crippen molar-refractivity contribution in [1.82, 2.24) is 5.32 Å². The van der Waals surface area contributed by atoms with Crippen LogP contribution in [0.15, 0.2) is 0 Å². The molecule has 3 atom stereocenters. The van der Waals surface area contributed by atoms with Crippen LogP contribution in [0.2, 0.25) is 0 Å². The standard InChI is InChI=1S/C14H28N2O3/c1-11-5-2-3-6-13(11)19-10-12(17)9-16-8-4-7-14(15)18/h11-13,16-17H,2-10H2,1H3,(H2,15,18). The summed E-state index contributed by atoms with van der Waals surface area (Å²) in [6.45, 7) is 3.80. The molecule has 0 saturated heterocycles. The van der Waals surface area contributed by atoms with Crippen LogP contribution in [0.1, 0.15) is 45.4 Å². The second kappa shape index (κ2) is 9.28. The van der Waals surface area contributed by atoms with Gasteiger partial charge in [-0.2, -0.15) is 0 Å². The van der Waals surface area contributed by atoms with Crippen LogP contribution in [0.4, 0.5) is 0 Å². The molecular formula is C14H28N2O3. The minimum absolute atomic E-state index is 0.281. The van der Waals surface area contributed by atoms with E-state index >= 15 is 0 Å². The molecule has 1 aliphatic carbocycles. The molecule has 1 amide bonds. The highest BCUT2D eigenvalue weighted by Crippen LogP contribution is 2.26. The number of aliphatic hydroxyl groups is 1. The maximum atomic E-state index is 10.5. The van der Waals surface area contributed by atoms with Gasteiger partial charge in [-0.15, -0.1) is 0 Å². The lowest BCUT2D eigenvalue weighted by Gasteiger charge is -2.29. The van der Waals surface area contributed by atoms with Gasteiger partial charge < -0.3 is 20.9 Å². The molecule has 4 N–H and O–H groups in total. The Morgan fingerprint density at radius 2 is 2.21 bits per heavy atom. The summed E-state index contributed by atoms with van der Waals surface area (Å²) in [6.07, 6.45) is 5.79. The molecular weight excluding hydrogens is 244 g/mol. The van der Waals surface area contributed by atoms with E-state index in [0.717, 1.165) is 6.42 Å². The molecule has 3 unspecified atom stereocenters. The number of rotatable bonds is 9. The highest BCUT2D eigenvalue weighted by Gasteiger charge is 2.22. The van der Waals surface area contributed by atoms with Gasteiger partial charge in [0.2, 0.25) is 5.91 Å². The highest BCUT2D eigenvalue weighted by molar-refractivity contribution is 5.73. The van der Waals surface area contributed by atoms with E-state index in [9.17, 15) is 9.90 Å². The molecule has 0 radical (unpaired) electrons. The van der Waals surface area contributed by atoms with Gasteiger partial charge in [-0.3, -0.25) is 4.79 Å². The van der Waals surface area contributed by atoms with Gasteiger partial charge in [-0.25, -0.2) is 0 Å². The van der Waals surface area contributed by atoms with Gasteiger partial charge in [-0.1, -0.05) is 19.8 Å². The molecule has 112 valence electrons. The predicted octanol–water partition coefficient (Wildman–Crippen LogP) is 0.798. The second-order valence-corrected chi connectivity index (χ2v) is 5.56. The molecule has 5 heteroatoms. The van der Waals surface area contributed by atoms with Crippen LogP contribution in [-0.2, 0) is 9.53 Å². The van der Waals surface area contributed by atoms with Gasteiger partial charge in [0.05, 0.1) is 18.8 Å². The Kier molecular flexibility index (Phi) is 8.02. The van der Waals surface area contributed by atoms with E-state index in [0.29, 0.717) is 44.6 Å². The highest BCUT2D eigenvalue weighted by atomic mass is 16.5. The summed E-state index contributed by atoms with van der Waals surface area (Å²) < 4.78 is 5.79. The average Bonchev–Trinajstić information content (AvgIpc) is 2.37. The fourth-order valence-electron chi connectivity index (χ4n) is 2.48. The summed E-state index contributed by atoms with van der Waals surface area (Å²) in [7, 11) is 0. The summed E-state index contributed by atoms with van der Waals surface area (Å²) in [5.41, 5.74) is 5.04. The van der Waals surface area contributed by atoms with Crippen LogP contribution in [0, 0.1) is 5.92 Å². The first-order chi connectivity index (χ1) is 9.09. The van der Waals surface area contributed by atoms with E-state index in [2.05, 4.69) is 12.2 Å². The lowest BCUT2D eigenvalue weighted by molar-refractivity contribution is -0.118. The maximum absolute atomic E-state index is 10.5. The van der Waals surface area contributed by atoms with E-state index in [1.807, 2.05) is 0 Å². The first kappa shape index (κ1) is 16.4. The Morgan fingerprint density at radius 3 is 2.89 bits per heavy atom. The molecule has 0 aromatic carbocycles. The Hall–Kier alpha value is -0.650. The third kappa shape index (κ3) is 7.50. The van der Waals surface area contributed by atoms with Crippen molar-refractivity contribution < 1.29 is 14.6 Å². The van der Waals surface area contributed by atoms with Crippen LogP contribution < -0.4 is 11.1 Å². The van der Waals surface area contributed by atoms with Gasteiger partial charge in [0.15, 0.2) is 0 Å². The summed E-state index contributed by atoms with van der Waals surface area (Å²) in [5.74, 6) is 0.321. The Balaban J connectivity index is 2.01. The zero-order chi connectivity index (χ0) is 14.1. The largest absolute Gasteiger partial charge is 0.389 e. The van der Waals surface area contributed by atoms with Gasteiger partial charge >= 0.3 is 0 Å². The smallest absolute Gasteiger partial charge is 0.217 e. The number of aliphatic hydroxyl groups excluding tert-OH is 1. The van der Waals surface area contributed by atoms with Crippen molar-refractivity contribution in [3.63, 3.8) is 0 Å². The van der Waals surface area contributed by atoms with Gasteiger partial charge in [0.1, 0.15) is 0 Å². The number of nitrogens with one attached hydrogen (secondary N) is 1. The predicted molar refractivity (Wildman–Crippen MR) is 74.7 cm³/mol. The summed E-state index contributed by atoms with van der Waals surface area (Å²) in [4.78, 5) is 10.5. The molecule has 1 saturated carbocycles. The molecule has 1 fully saturated rings. The minimum Gasteiger partial charge on any atom is -0.389 e. The zero-order valence-electron chi connectivity index (χ0n) is 11.9. The Labute approximate surface area is 115 Å². The van der Waals surface area contributed by atoms with E-state index in [4.69, 9.17) is 10.5 Å². The SMILES string of the molecule is CC1CCCCC1OCC(O)CNCCCC(N)=O. The van der Waals surface area contributed by atoms with Crippen molar-refractivity contribution in [2.75, 3.05) is 19.7 Å². The maximum Gasteiger partial charge on any atom is 0.217 e. The molecule has 0 spiro atoms. The second-order valence-electron chi connectivity index (χ2n) is 5.56. The lowest BCUT2D eigenvalue weighted by atomic mass is 9.88. The van der Waals surface area contributed by atoms with Crippen LogP contribution >= 0.6 is 0 Å². The van der Waals surface area contributed by atoms with Crippen LogP contribution in [-0.4, -0.2) is 42.9 Å². The number of primary amides is 1. The van der Waals surface area contributed by atoms with Crippen molar-refractivity contribution in [3.8, 4) is 0 Å². The Bertz CT molecular complexity index is 261. The van der Waals surface area contributed by atoms with E-state index in [1.54, 1.807) is 0 Å². The fraction of sp³-hybridized carbons (Fsp3) is 0.929. The summed E-state index contributed by atoms with van der Waals surface area (Å²) in [5, 5.41) is 12.9. The van der Waals surface area contributed by atoms with Crippen molar-refractivity contribution in [2.24, 2.45) is 11.7 Å². The molecule has 0 aromatic rings. The van der Waals surface area contributed by atoms with E-state index in [1.165, 1.54) is 19.3 Å². The first-order valence-electron chi connectivity index (χ1n) is 7.38. The van der Waals surface area contributed by atoms with Gasteiger partial charge in [-0.05, 0) is 31.7 Å². The number of carbonyl (C=O) groups is 1. The molecule has 0 bridgehead atoms. The first-order valence-corrected chi connectivity index (χ1v) is 7.38. The number of carbonyl (C=O) groups excluding carboxylic acids is 1. The molecule has 1 rings (SSSR count). The molecule has 5 nitrogen and oxygen atoms in total. The number of hydrogen-bond acceptors (Lipinski definition) is 4. The van der Waals surface area contributed by atoms with E-state index in [-0.39, 0.29) is 5.91 Å². The number of ether oxygens (including phenoxy) is 1. The number of amides is 1. The van der Waals surface area contributed by atoms with Crippen molar-refractivity contribution in [3.05, 3.63) is 0 Å². The normalized spacial score (nSPS) is 25.2. The molecule has 1 aliphatic rings. The molecule has 19 heavy (non-hydrogen) atoms. The van der Waals surface area contributed by atoms with Crippen LogP contribution in [0.25, 0.3) is 0 Å². The van der Waals surface area contributed by atoms with E-state index < -0.39 is 6.10 Å².